The van der Waals surface area contributed by atoms with E-state index in [1.807, 2.05) is 38.1 Å². The van der Waals surface area contributed by atoms with Gasteiger partial charge in [0.05, 0.1) is 16.9 Å². The number of para-hydroxylation sites is 1. The van der Waals surface area contributed by atoms with E-state index in [1.54, 1.807) is 30.3 Å². The van der Waals surface area contributed by atoms with E-state index in [1.165, 1.54) is 23.9 Å². The number of carbonyl (C=O) groups excluding carboxylic acids is 2. The summed E-state index contributed by atoms with van der Waals surface area (Å²) in [7, 11) is 0. The summed E-state index contributed by atoms with van der Waals surface area (Å²) in [5.41, 5.74) is 3.52. The van der Waals surface area contributed by atoms with Crippen LogP contribution in [0.3, 0.4) is 0 Å². The van der Waals surface area contributed by atoms with Crippen LogP contribution in [0, 0.1) is 6.92 Å². The highest BCUT2D eigenvalue weighted by Crippen LogP contribution is 2.25. The lowest BCUT2D eigenvalue weighted by Crippen LogP contribution is -2.17. The van der Waals surface area contributed by atoms with Crippen LogP contribution >= 0.6 is 11.8 Å². The minimum atomic E-state index is -1.16. The van der Waals surface area contributed by atoms with E-state index in [-0.39, 0.29) is 22.8 Å². The number of hydrogen-bond donors (Lipinski definition) is 3. The van der Waals surface area contributed by atoms with Gasteiger partial charge in [-0.1, -0.05) is 43.3 Å². The van der Waals surface area contributed by atoms with Crippen molar-refractivity contribution >= 4 is 40.9 Å². The summed E-state index contributed by atoms with van der Waals surface area (Å²) < 4.78 is 0. The quantitative estimate of drug-likeness (QED) is 0.410. The number of aryl methyl sites for hydroxylation is 2. The second kappa shape index (κ2) is 10.6. The number of amides is 2. The number of nitrogens with one attached hydrogen (secondary N) is 2. The first-order valence-electron chi connectivity index (χ1n) is 10.1. The number of rotatable bonds is 8. The molecule has 0 saturated carbocycles. The van der Waals surface area contributed by atoms with Crippen LogP contribution in [-0.4, -0.2) is 28.6 Å². The molecule has 0 unspecified atom stereocenters. The van der Waals surface area contributed by atoms with Crippen LogP contribution in [0.15, 0.2) is 71.6 Å². The van der Waals surface area contributed by atoms with Gasteiger partial charge in [-0.2, -0.15) is 0 Å². The second-order valence-corrected chi connectivity index (χ2v) is 8.18. The third-order valence-corrected chi connectivity index (χ3v) is 5.86. The van der Waals surface area contributed by atoms with Crippen molar-refractivity contribution in [3.05, 3.63) is 89.0 Å². The molecule has 2 amide bonds. The Morgan fingerprint density at radius 1 is 0.906 bits per heavy atom. The van der Waals surface area contributed by atoms with Crippen LogP contribution < -0.4 is 10.6 Å². The molecule has 3 aromatic rings. The lowest BCUT2D eigenvalue weighted by Gasteiger charge is -2.13. The standard InChI is InChI=1S/C25H24N2O4S/c1-3-17-9-6-8-16(2)23(17)27-22(28)15-32-19-11-7-10-18(14-19)26-24(29)20-12-4-5-13-21(20)25(30)31/h4-14H,3,15H2,1-2H3,(H,26,29)(H,27,28)(H,30,31). The summed E-state index contributed by atoms with van der Waals surface area (Å²) in [4.78, 5) is 37.2. The van der Waals surface area contributed by atoms with Gasteiger partial charge in [0.15, 0.2) is 0 Å². The third-order valence-electron chi connectivity index (χ3n) is 4.87. The predicted molar refractivity (Wildman–Crippen MR) is 128 cm³/mol. The Labute approximate surface area is 191 Å². The summed E-state index contributed by atoms with van der Waals surface area (Å²) >= 11 is 1.35. The van der Waals surface area contributed by atoms with Crippen LogP contribution in [0.4, 0.5) is 11.4 Å². The van der Waals surface area contributed by atoms with Gasteiger partial charge in [0.2, 0.25) is 5.91 Å². The molecule has 32 heavy (non-hydrogen) atoms. The zero-order valence-corrected chi connectivity index (χ0v) is 18.7. The Kier molecular flexibility index (Phi) is 7.68. The molecule has 0 aliphatic rings. The average Bonchev–Trinajstić information content (AvgIpc) is 2.79. The van der Waals surface area contributed by atoms with Gasteiger partial charge < -0.3 is 15.7 Å². The molecule has 3 aromatic carbocycles. The molecule has 0 spiro atoms. The van der Waals surface area contributed by atoms with Gasteiger partial charge in [0.1, 0.15) is 0 Å². The largest absolute Gasteiger partial charge is 0.478 e. The molecule has 0 aromatic heterocycles. The van der Waals surface area contributed by atoms with Crippen molar-refractivity contribution in [3.8, 4) is 0 Å². The molecule has 164 valence electrons. The number of thioether (sulfide) groups is 1. The first-order valence-corrected chi connectivity index (χ1v) is 11.1. The molecule has 0 heterocycles. The normalized spacial score (nSPS) is 10.4. The summed E-state index contributed by atoms with van der Waals surface area (Å²) in [6.07, 6.45) is 0.831. The van der Waals surface area contributed by atoms with Crippen molar-refractivity contribution in [3.63, 3.8) is 0 Å². The van der Waals surface area contributed by atoms with Gasteiger partial charge >= 0.3 is 5.97 Å². The fraction of sp³-hybridized carbons (Fsp3) is 0.160. The number of carboxylic acids is 1. The maximum absolute atomic E-state index is 12.6. The van der Waals surface area contributed by atoms with Gasteiger partial charge in [-0.3, -0.25) is 9.59 Å². The zero-order valence-electron chi connectivity index (χ0n) is 17.8. The smallest absolute Gasteiger partial charge is 0.336 e. The molecule has 3 rings (SSSR count). The number of carbonyl (C=O) groups is 3. The van der Waals surface area contributed by atoms with Gasteiger partial charge in [0, 0.05) is 16.3 Å². The number of aromatic carboxylic acids is 1. The number of benzene rings is 3. The van der Waals surface area contributed by atoms with Crippen molar-refractivity contribution in [2.45, 2.75) is 25.2 Å². The summed E-state index contributed by atoms with van der Waals surface area (Å²) in [6, 6.07) is 19.1. The van der Waals surface area contributed by atoms with Gasteiger partial charge in [-0.15, -0.1) is 11.8 Å². The topological polar surface area (TPSA) is 95.5 Å². The highest BCUT2D eigenvalue weighted by molar-refractivity contribution is 8.00. The predicted octanol–water partition coefficient (Wildman–Crippen LogP) is 5.24. The van der Waals surface area contributed by atoms with Crippen LogP contribution in [0.25, 0.3) is 0 Å². The molecule has 0 radical (unpaired) electrons. The first kappa shape index (κ1) is 23.1. The van der Waals surface area contributed by atoms with Gasteiger partial charge in [-0.05, 0) is 54.8 Å². The maximum atomic E-state index is 12.6. The Hall–Kier alpha value is -3.58. The zero-order chi connectivity index (χ0) is 23.1. The molecule has 0 aliphatic carbocycles. The average molecular weight is 449 g/mol. The molecule has 6 nitrogen and oxygen atoms in total. The molecule has 0 saturated heterocycles. The Morgan fingerprint density at radius 3 is 2.34 bits per heavy atom. The highest BCUT2D eigenvalue weighted by Gasteiger charge is 2.16. The molecule has 7 heteroatoms. The van der Waals surface area contributed by atoms with E-state index >= 15 is 0 Å². The van der Waals surface area contributed by atoms with Crippen LogP contribution in [0.2, 0.25) is 0 Å². The van der Waals surface area contributed by atoms with E-state index in [2.05, 4.69) is 10.6 Å². The minimum absolute atomic E-state index is 0.0603. The Morgan fingerprint density at radius 2 is 1.62 bits per heavy atom. The lowest BCUT2D eigenvalue weighted by molar-refractivity contribution is -0.113. The Balaban J connectivity index is 1.64. The van der Waals surface area contributed by atoms with Crippen molar-refractivity contribution < 1.29 is 19.5 Å². The highest BCUT2D eigenvalue weighted by atomic mass is 32.2. The SMILES string of the molecule is CCc1cccc(C)c1NC(=O)CSc1cccc(NC(=O)c2ccccc2C(=O)O)c1. The molecule has 0 aliphatic heterocycles. The first-order chi connectivity index (χ1) is 15.4. The van der Waals surface area contributed by atoms with Gasteiger partial charge in [0.25, 0.3) is 5.91 Å². The molecule has 0 bridgehead atoms. The molecular formula is C25H24N2O4S. The van der Waals surface area contributed by atoms with Crippen LogP contribution in [-0.2, 0) is 11.2 Å². The minimum Gasteiger partial charge on any atom is -0.478 e. The third kappa shape index (κ3) is 5.76. The van der Waals surface area contributed by atoms with E-state index in [0.29, 0.717) is 5.69 Å². The summed E-state index contributed by atoms with van der Waals surface area (Å²) in [5, 5.41) is 15.0. The van der Waals surface area contributed by atoms with Crippen LogP contribution in [0.1, 0.15) is 38.8 Å². The fourth-order valence-corrected chi connectivity index (χ4v) is 4.01. The van der Waals surface area contributed by atoms with Crippen LogP contribution in [0.5, 0.6) is 0 Å². The summed E-state index contributed by atoms with van der Waals surface area (Å²) in [5.74, 6) is -1.55. The summed E-state index contributed by atoms with van der Waals surface area (Å²) in [6.45, 7) is 4.02. The van der Waals surface area contributed by atoms with E-state index in [4.69, 9.17) is 0 Å². The van der Waals surface area contributed by atoms with Crippen molar-refractivity contribution in [2.75, 3.05) is 16.4 Å². The second-order valence-electron chi connectivity index (χ2n) is 7.13. The van der Waals surface area contributed by atoms with Crippen molar-refractivity contribution in [1.82, 2.24) is 0 Å². The molecule has 0 atom stereocenters. The molecule has 3 N–H and O–H groups in total. The molecule has 0 fully saturated rings. The molecular weight excluding hydrogens is 424 g/mol. The van der Waals surface area contributed by atoms with E-state index in [9.17, 15) is 19.5 Å². The van der Waals surface area contributed by atoms with Crippen molar-refractivity contribution in [1.29, 1.82) is 0 Å². The number of hydrogen-bond acceptors (Lipinski definition) is 4. The van der Waals surface area contributed by atoms with Gasteiger partial charge in [-0.25, -0.2) is 4.79 Å². The maximum Gasteiger partial charge on any atom is 0.336 e. The van der Waals surface area contributed by atoms with Crippen molar-refractivity contribution in [2.24, 2.45) is 0 Å². The Bertz CT molecular complexity index is 1160. The van der Waals surface area contributed by atoms with E-state index < -0.39 is 11.9 Å². The number of carboxylic acid groups (broad SMARTS) is 1. The number of anilines is 2. The van der Waals surface area contributed by atoms with E-state index in [0.717, 1.165) is 28.1 Å². The monoisotopic (exact) mass is 448 g/mol. The lowest BCUT2D eigenvalue weighted by atomic mass is 10.1. The fourth-order valence-electron chi connectivity index (χ4n) is 3.26.